The maximum atomic E-state index is 11.6. The van der Waals surface area contributed by atoms with E-state index in [1.807, 2.05) is 6.92 Å². The average Bonchev–Trinajstić information content (AvgIpc) is 2.73. The Bertz CT molecular complexity index is 373. The smallest absolute Gasteiger partial charge is 0.151 e. The zero-order chi connectivity index (χ0) is 14.7. The Balaban J connectivity index is 2.44. The van der Waals surface area contributed by atoms with Gasteiger partial charge in [-0.1, -0.05) is 27.7 Å². The van der Waals surface area contributed by atoms with Gasteiger partial charge in [-0.25, -0.2) is 8.42 Å². The van der Waals surface area contributed by atoms with Crippen molar-refractivity contribution >= 4 is 9.84 Å². The fourth-order valence-corrected chi connectivity index (χ4v) is 3.83. The van der Waals surface area contributed by atoms with Crippen LogP contribution in [0.3, 0.4) is 0 Å². The second kappa shape index (κ2) is 6.55. The Kier molecular flexibility index (Phi) is 5.83. The van der Waals surface area contributed by atoms with E-state index >= 15 is 0 Å². The van der Waals surface area contributed by atoms with Crippen LogP contribution in [0, 0.1) is 11.3 Å². The molecule has 0 bridgehead atoms. The Morgan fingerprint density at radius 2 is 2.00 bits per heavy atom. The number of rotatable bonds is 6. The van der Waals surface area contributed by atoms with E-state index in [2.05, 4.69) is 26.1 Å². The van der Waals surface area contributed by atoms with Crippen LogP contribution in [-0.2, 0) is 14.6 Å². The Hall–Kier alpha value is -0.130. The topological polar surface area (TPSA) is 55.4 Å². The van der Waals surface area contributed by atoms with E-state index in [1.165, 1.54) is 0 Å². The fraction of sp³-hybridized carbons (Fsp3) is 1.00. The first-order chi connectivity index (χ1) is 8.65. The Morgan fingerprint density at radius 1 is 1.37 bits per heavy atom. The molecule has 0 aromatic heterocycles. The van der Waals surface area contributed by atoms with Gasteiger partial charge in [0.1, 0.15) is 0 Å². The minimum Gasteiger partial charge on any atom is -0.377 e. The van der Waals surface area contributed by atoms with Crippen LogP contribution < -0.4 is 5.32 Å². The average molecular weight is 291 g/mol. The van der Waals surface area contributed by atoms with Gasteiger partial charge < -0.3 is 10.1 Å². The lowest BCUT2D eigenvalue weighted by Crippen LogP contribution is -2.41. The van der Waals surface area contributed by atoms with Gasteiger partial charge in [0.05, 0.1) is 11.9 Å². The van der Waals surface area contributed by atoms with Crippen molar-refractivity contribution in [2.24, 2.45) is 11.3 Å². The molecule has 0 aromatic carbocycles. The van der Waals surface area contributed by atoms with E-state index in [0.29, 0.717) is 5.92 Å². The van der Waals surface area contributed by atoms with Crippen molar-refractivity contribution in [1.29, 1.82) is 0 Å². The number of hydrogen-bond acceptors (Lipinski definition) is 4. The SMILES string of the molecule is CCS(=O)(=O)C[C@H](C)NC[C@H]1CCO[C@@H]1C(C)(C)C. The normalized spacial score (nSPS) is 26.6. The maximum Gasteiger partial charge on any atom is 0.151 e. The Labute approximate surface area is 118 Å². The van der Waals surface area contributed by atoms with Gasteiger partial charge in [0.2, 0.25) is 0 Å². The molecular formula is C14H29NO3S. The summed E-state index contributed by atoms with van der Waals surface area (Å²) in [5.74, 6) is 0.916. The molecule has 0 amide bonds. The quantitative estimate of drug-likeness (QED) is 0.811. The molecule has 1 fully saturated rings. The summed E-state index contributed by atoms with van der Waals surface area (Å²) in [5, 5.41) is 3.36. The molecule has 5 heteroatoms. The van der Waals surface area contributed by atoms with E-state index in [1.54, 1.807) is 6.92 Å². The number of ether oxygens (including phenoxy) is 1. The van der Waals surface area contributed by atoms with E-state index in [-0.39, 0.29) is 29.1 Å². The fourth-order valence-electron chi connectivity index (χ4n) is 2.71. The predicted octanol–water partition coefficient (Wildman–Crippen LogP) is 1.85. The second-order valence-corrected chi connectivity index (χ2v) is 9.11. The first-order valence-electron chi connectivity index (χ1n) is 7.21. The van der Waals surface area contributed by atoms with Crippen LogP contribution in [0.1, 0.15) is 41.0 Å². The molecule has 4 nitrogen and oxygen atoms in total. The third-order valence-electron chi connectivity index (χ3n) is 3.74. The summed E-state index contributed by atoms with van der Waals surface area (Å²) in [6, 6.07) is 0.00571. The molecule has 0 saturated carbocycles. The van der Waals surface area contributed by atoms with Gasteiger partial charge in [-0.15, -0.1) is 0 Å². The van der Waals surface area contributed by atoms with Crippen molar-refractivity contribution in [2.75, 3.05) is 24.7 Å². The van der Waals surface area contributed by atoms with E-state index < -0.39 is 9.84 Å². The second-order valence-electron chi connectivity index (χ2n) is 6.71. The monoisotopic (exact) mass is 291 g/mol. The summed E-state index contributed by atoms with van der Waals surface area (Å²) in [7, 11) is -2.90. The highest BCUT2D eigenvalue weighted by Crippen LogP contribution is 2.34. The number of hydrogen-bond donors (Lipinski definition) is 1. The summed E-state index contributed by atoms with van der Waals surface area (Å²) in [6.07, 6.45) is 1.32. The molecular weight excluding hydrogens is 262 g/mol. The van der Waals surface area contributed by atoms with Crippen LogP contribution in [-0.4, -0.2) is 45.2 Å². The first-order valence-corrected chi connectivity index (χ1v) is 9.03. The molecule has 0 spiro atoms. The molecule has 1 heterocycles. The standard InChI is InChI=1S/C14H29NO3S/c1-6-19(16,17)10-11(2)15-9-12-7-8-18-13(12)14(3,4)5/h11-13,15H,6-10H2,1-5H3/t11-,12+,13-/m0/s1. The molecule has 1 saturated heterocycles. The molecule has 19 heavy (non-hydrogen) atoms. The van der Waals surface area contributed by atoms with E-state index in [9.17, 15) is 8.42 Å². The summed E-state index contributed by atoms with van der Waals surface area (Å²) in [4.78, 5) is 0. The molecule has 1 N–H and O–H groups in total. The van der Waals surface area contributed by atoms with Crippen molar-refractivity contribution in [3.63, 3.8) is 0 Å². The summed E-state index contributed by atoms with van der Waals surface area (Å²) in [6.45, 7) is 11.9. The molecule has 0 aliphatic carbocycles. The number of nitrogens with one attached hydrogen (secondary N) is 1. The molecule has 1 rings (SSSR count). The molecule has 0 unspecified atom stereocenters. The van der Waals surface area contributed by atoms with Crippen molar-refractivity contribution in [1.82, 2.24) is 5.32 Å². The molecule has 1 aliphatic rings. The minimum absolute atomic E-state index is 0.00571. The van der Waals surface area contributed by atoms with Crippen LogP contribution in [0.25, 0.3) is 0 Å². The van der Waals surface area contributed by atoms with Crippen LogP contribution in [0.5, 0.6) is 0 Å². The van der Waals surface area contributed by atoms with Crippen LogP contribution in [0.2, 0.25) is 0 Å². The highest BCUT2D eigenvalue weighted by molar-refractivity contribution is 7.91. The molecule has 0 radical (unpaired) electrons. The Morgan fingerprint density at radius 3 is 2.53 bits per heavy atom. The zero-order valence-corrected chi connectivity index (χ0v) is 13.7. The molecule has 0 aromatic rings. The number of sulfone groups is 1. The van der Waals surface area contributed by atoms with Gasteiger partial charge in [-0.3, -0.25) is 0 Å². The van der Waals surface area contributed by atoms with Gasteiger partial charge in [0.25, 0.3) is 0 Å². The molecule has 114 valence electrons. The minimum atomic E-state index is -2.90. The predicted molar refractivity (Wildman–Crippen MR) is 79.1 cm³/mol. The van der Waals surface area contributed by atoms with Crippen molar-refractivity contribution in [2.45, 2.75) is 53.2 Å². The lowest BCUT2D eigenvalue weighted by molar-refractivity contribution is 0.00698. The zero-order valence-electron chi connectivity index (χ0n) is 12.9. The van der Waals surface area contributed by atoms with E-state index in [4.69, 9.17) is 4.74 Å². The summed E-state index contributed by atoms with van der Waals surface area (Å²) >= 11 is 0. The van der Waals surface area contributed by atoms with Gasteiger partial charge in [-0.05, 0) is 18.8 Å². The summed E-state index contributed by atoms with van der Waals surface area (Å²) < 4.78 is 29.0. The first kappa shape index (κ1) is 16.9. The largest absolute Gasteiger partial charge is 0.377 e. The molecule has 1 aliphatic heterocycles. The van der Waals surface area contributed by atoms with Gasteiger partial charge >= 0.3 is 0 Å². The van der Waals surface area contributed by atoms with Crippen LogP contribution in [0.4, 0.5) is 0 Å². The van der Waals surface area contributed by atoms with Crippen LogP contribution in [0.15, 0.2) is 0 Å². The third-order valence-corrected chi connectivity index (χ3v) is 5.63. The van der Waals surface area contributed by atoms with E-state index in [0.717, 1.165) is 19.6 Å². The van der Waals surface area contributed by atoms with Gasteiger partial charge in [-0.2, -0.15) is 0 Å². The third kappa shape index (κ3) is 5.40. The van der Waals surface area contributed by atoms with Crippen molar-refractivity contribution in [3.8, 4) is 0 Å². The van der Waals surface area contributed by atoms with Crippen LogP contribution >= 0.6 is 0 Å². The lowest BCUT2D eigenvalue weighted by atomic mass is 9.81. The van der Waals surface area contributed by atoms with Gasteiger partial charge in [0.15, 0.2) is 9.84 Å². The van der Waals surface area contributed by atoms with Crippen molar-refractivity contribution < 1.29 is 13.2 Å². The lowest BCUT2D eigenvalue weighted by Gasteiger charge is -2.31. The highest BCUT2D eigenvalue weighted by atomic mass is 32.2. The summed E-state index contributed by atoms with van der Waals surface area (Å²) in [5.41, 5.74) is 0.140. The molecule has 3 atom stereocenters. The van der Waals surface area contributed by atoms with Crippen molar-refractivity contribution in [3.05, 3.63) is 0 Å². The highest BCUT2D eigenvalue weighted by Gasteiger charge is 2.37. The maximum absolute atomic E-state index is 11.6. The van der Waals surface area contributed by atoms with Gasteiger partial charge in [0, 0.05) is 30.9 Å².